The first-order valence-corrected chi connectivity index (χ1v) is 13.3. The third-order valence-corrected chi connectivity index (χ3v) is 7.45. The van der Waals surface area contributed by atoms with Crippen molar-refractivity contribution in [2.24, 2.45) is 17.6 Å². The number of benzene rings is 1. The second-order valence-corrected chi connectivity index (χ2v) is 10.1. The Morgan fingerprint density at radius 2 is 1.69 bits per heavy atom. The Morgan fingerprint density at radius 3 is 2.36 bits per heavy atom. The molecular weight excluding hydrogens is 508 g/mol. The third kappa shape index (κ3) is 6.70. The molecule has 1 aromatic carbocycles. The molecule has 4 N–H and O–H groups in total. The molecule has 4 amide bonds. The van der Waals surface area contributed by atoms with E-state index in [9.17, 15) is 24.3 Å². The van der Waals surface area contributed by atoms with Crippen LogP contribution < -0.4 is 10.5 Å². The number of para-hydroxylation sites is 1. The molecule has 0 aromatic heterocycles. The molecule has 212 valence electrons. The highest BCUT2D eigenvalue weighted by molar-refractivity contribution is 6.07. The lowest BCUT2D eigenvalue weighted by Crippen LogP contribution is -2.70. The van der Waals surface area contributed by atoms with Crippen molar-refractivity contribution in [3.8, 4) is 5.75 Å². The summed E-state index contributed by atoms with van der Waals surface area (Å²) in [6, 6.07) is 7.47. The summed E-state index contributed by atoms with van der Waals surface area (Å²) >= 11 is 0. The molecule has 0 spiro atoms. The van der Waals surface area contributed by atoms with Gasteiger partial charge in [-0.1, -0.05) is 18.2 Å². The highest BCUT2D eigenvalue weighted by atomic mass is 16.6. The molecule has 3 heterocycles. The quantitative estimate of drug-likeness (QED) is 0.189. The molecule has 1 aromatic rings. The second-order valence-electron chi connectivity index (χ2n) is 10.1. The van der Waals surface area contributed by atoms with E-state index >= 15 is 0 Å². The van der Waals surface area contributed by atoms with Crippen LogP contribution in [0.1, 0.15) is 25.7 Å². The van der Waals surface area contributed by atoms with Gasteiger partial charge in [-0.15, -0.1) is 0 Å². The predicted octanol–water partition coefficient (Wildman–Crippen LogP) is 1.24. The van der Waals surface area contributed by atoms with Crippen molar-refractivity contribution in [3.63, 3.8) is 0 Å². The summed E-state index contributed by atoms with van der Waals surface area (Å²) < 4.78 is 10.9. The Labute approximate surface area is 226 Å². The number of hydrogen-bond acceptors (Lipinski definition) is 7. The van der Waals surface area contributed by atoms with Crippen molar-refractivity contribution in [2.75, 3.05) is 52.5 Å². The summed E-state index contributed by atoms with van der Waals surface area (Å²) in [5.41, 5.74) is 5.59. The molecule has 3 aliphatic heterocycles. The molecule has 13 heteroatoms. The van der Waals surface area contributed by atoms with Crippen LogP contribution in [0.25, 0.3) is 0 Å². The Hall–Kier alpha value is -4.03. The topological polar surface area (TPSA) is 170 Å². The first-order chi connectivity index (χ1) is 18.8. The molecule has 0 bridgehead atoms. The van der Waals surface area contributed by atoms with Gasteiger partial charge < -0.3 is 35.0 Å². The first kappa shape index (κ1) is 28.0. The molecule has 3 fully saturated rings. The van der Waals surface area contributed by atoms with Crippen LogP contribution in [0, 0.1) is 17.2 Å². The van der Waals surface area contributed by atoms with Crippen LogP contribution >= 0.6 is 0 Å². The predicted molar refractivity (Wildman–Crippen MR) is 139 cm³/mol. The van der Waals surface area contributed by atoms with E-state index in [1.165, 1.54) is 9.80 Å². The zero-order valence-electron chi connectivity index (χ0n) is 21.9. The van der Waals surface area contributed by atoms with E-state index in [1.807, 2.05) is 30.3 Å². The number of imide groups is 1. The van der Waals surface area contributed by atoms with Gasteiger partial charge in [-0.3, -0.25) is 10.2 Å². The number of urea groups is 1. The number of ether oxygens (including phenoxy) is 2. The van der Waals surface area contributed by atoms with E-state index in [0.717, 1.165) is 23.5 Å². The second kappa shape index (κ2) is 12.7. The van der Waals surface area contributed by atoms with Crippen LogP contribution in [-0.4, -0.2) is 113 Å². The number of nitrogens with one attached hydrogen (secondary N) is 1. The van der Waals surface area contributed by atoms with E-state index in [-0.39, 0.29) is 44.7 Å². The lowest BCUT2D eigenvalue weighted by atomic mass is 9.78. The molecule has 0 aliphatic carbocycles. The molecule has 3 saturated heterocycles. The Balaban J connectivity index is 1.20. The Bertz CT molecular complexity index is 1060. The van der Waals surface area contributed by atoms with Gasteiger partial charge >= 0.3 is 18.1 Å². The standard InChI is InChI=1S/C26H36N6O7/c27-24(28)31-9-4-6-18(17-31)16-20-21(23(34)35)32(22(20)33)25(36)29-10-12-30(13-11-29)26(37)39-15-5-14-38-19-7-2-1-3-8-19/h1-3,7-8,18,20-21H,4-6,9-17H2,(H3,27,28)(H,34,35)/t18?,20-,21+/m1/s1. The monoisotopic (exact) mass is 544 g/mol. The van der Waals surface area contributed by atoms with Gasteiger partial charge in [-0.25, -0.2) is 19.3 Å². The molecule has 3 aliphatic rings. The number of rotatable bonds is 8. The van der Waals surface area contributed by atoms with Crippen LogP contribution in [-0.2, 0) is 14.3 Å². The van der Waals surface area contributed by atoms with Gasteiger partial charge in [-0.05, 0) is 37.3 Å². The van der Waals surface area contributed by atoms with Gasteiger partial charge in [-0.2, -0.15) is 0 Å². The average Bonchev–Trinajstić information content (AvgIpc) is 2.94. The van der Waals surface area contributed by atoms with Gasteiger partial charge in [0.25, 0.3) is 0 Å². The highest BCUT2D eigenvalue weighted by Crippen LogP contribution is 2.36. The average molecular weight is 545 g/mol. The zero-order chi connectivity index (χ0) is 27.9. The molecule has 13 nitrogen and oxygen atoms in total. The summed E-state index contributed by atoms with van der Waals surface area (Å²) in [5, 5.41) is 17.4. The van der Waals surface area contributed by atoms with Crippen molar-refractivity contribution in [1.29, 1.82) is 5.41 Å². The van der Waals surface area contributed by atoms with Crippen LogP contribution in [0.4, 0.5) is 9.59 Å². The Morgan fingerprint density at radius 1 is 1.00 bits per heavy atom. The van der Waals surface area contributed by atoms with Gasteiger partial charge in [0.1, 0.15) is 5.75 Å². The van der Waals surface area contributed by atoms with Crippen molar-refractivity contribution in [3.05, 3.63) is 30.3 Å². The molecule has 1 unspecified atom stereocenters. The number of carboxylic acid groups (broad SMARTS) is 1. The largest absolute Gasteiger partial charge is 0.493 e. The minimum atomic E-state index is -1.22. The molecule has 4 rings (SSSR count). The van der Waals surface area contributed by atoms with Crippen LogP contribution in [0.15, 0.2) is 30.3 Å². The Kier molecular flexibility index (Phi) is 9.10. The minimum Gasteiger partial charge on any atom is -0.493 e. The molecule has 0 saturated carbocycles. The first-order valence-electron chi connectivity index (χ1n) is 13.3. The number of hydrogen-bond donors (Lipinski definition) is 3. The third-order valence-electron chi connectivity index (χ3n) is 7.45. The number of piperazine rings is 1. The number of amides is 4. The van der Waals surface area contributed by atoms with Gasteiger partial charge in [0, 0.05) is 45.7 Å². The van der Waals surface area contributed by atoms with Gasteiger partial charge in [0.05, 0.1) is 19.1 Å². The number of carbonyl (C=O) groups is 4. The maximum absolute atomic E-state index is 13.1. The van der Waals surface area contributed by atoms with Crippen LogP contribution in [0.2, 0.25) is 0 Å². The fourth-order valence-electron chi connectivity index (χ4n) is 5.36. The van der Waals surface area contributed by atoms with E-state index in [0.29, 0.717) is 32.5 Å². The number of carboxylic acids is 1. The summed E-state index contributed by atoms with van der Waals surface area (Å²) in [7, 11) is 0. The van der Waals surface area contributed by atoms with Crippen molar-refractivity contribution in [2.45, 2.75) is 31.7 Å². The number of carbonyl (C=O) groups excluding carboxylic acids is 3. The lowest BCUT2D eigenvalue weighted by molar-refractivity contribution is -0.167. The smallest absolute Gasteiger partial charge is 0.409 e. The molecule has 39 heavy (non-hydrogen) atoms. The van der Waals surface area contributed by atoms with E-state index < -0.39 is 36.0 Å². The number of β-lactam (4-membered cyclic amide) rings is 1. The molecule has 0 radical (unpaired) electrons. The van der Waals surface area contributed by atoms with Gasteiger partial charge in [0.2, 0.25) is 5.91 Å². The highest BCUT2D eigenvalue weighted by Gasteiger charge is 2.56. The number of nitrogens with two attached hydrogens (primary N) is 1. The number of piperidine rings is 1. The van der Waals surface area contributed by atoms with Gasteiger partial charge in [0.15, 0.2) is 12.0 Å². The summed E-state index contributed by atoms with van der Waals surface area (Å²) in [5.74, 6) is -1.76. The van der Waals surface area contributed by atoms with Crippen molar-refractivity contribution in [1.82, 2.24) is 19.6 Å². The lowest BCUT2D eigenvalue weighted by Gasteiger charge is -2.47. The van der Waals surface area contributed by atoms with Crippen molar-refractivity contribution < 1.29 is 33.8 Å². The maximum atomic E-state index is 13.1. The minimum absolute atomic E-state index is 0.0233. The molecular formula is C26H36N6O7. The van der Waals surface area contributed by atoms with Crippen LogP contribution in [0.5, 0.6) is 5.75 Å². The van der Waals surface area contributed by atoms with E-state index in [1.54, 1.807) is 4.90 Å². The fourth-order valence-corrected chi connectivity index (χ4v) is 5.36. The number of likely N-dealkylation sites (tertiary alicyclic amines) is 2. The SMILES string of the molecule is N=C(N)N1CCCC(C[C@H]2C(=O)N(C(=O)N3CCN(C(=O)OCCCOc4ccccc4)CC3)[C@@H]2C(=O)O)C1. The van der Waals surface area contributed by atoms with Crippen molar-refractivity contribution >= 4 is 30.0 Å². The summed E-state index contributed by atoms with van der Waals surface area (Å²) in [6.07, 6.45) is 1.99. The maximum Gasteiger partial charge on any atom is 0.409 e. The zero-order valence-corrected chi connectivity index (χ0v) is 21.9. The van der Waals surface area contributed by atoms with E-state index in [4.69, 9.17) is 20.6 Å². The normalized spacial score (nSPS) is 23.2. The fraction of sp³-hybridized carbons (Fsp3) is 0.577. The summed E-state index contributed by atoms with van der Waals surface area (Å²) in [4.78, 5) is 55.9. The molecule has 3 atom stereocenters. The number of nitrogens with zero attached hydrogens (tertiary/aromatic N) is 4. The number of guanidine groups is 1. The number of aliphatic carboxylic acids is 1. The van der Waals surface area contributed by atoms with E-state index in [2.05, 4.69) is 0 Å². The van der Waals surface area contributed by atoms with Crippen LogP contribution in [0.3, 0.4) is 0 Å². The summed E-state index contributed by atoms with van der Waals surface area (Å²) in [6.45, 7) is 2.54.